The minimum atomic E-state index is -0.250. The van der Waals surface area contributed by atoms with E-state index in [4.69, 9.17) is 4.74 Å². The van der Waals surface area contributed by atoms with Gasteiger partial charge in [-0.25, -0.2) is 4.39 Å². The highest BCUT2D eigenvalue weighted by molar-refractivity contribution is 5.63. The molecule has 0 unspecified atom stereocenters. The Labute approximate surface area is 122 Å². The number of ether oxygens (including phenoxy) is 1. The summed E-state index contributed by atoms with van der Waals surface area (Å²) < 4.78 is 19.5. The molecule has 3 heteroatoms. The molecule has 0 aliphatic rings. The van der Waals surface area contributed by atoms with E-state index in [9.17, 15) is 4.39 Å². The van der Waals surface area contributed by atoms with E-state index >= 15 is 0 Å². The van der Waals surface area contributed by atoms with Gasteiger partial charge in [-0.05, 0) is 24.3 Å². The summed E-state index contributed by atoms with van der Waals surface area (Å²) in [6.07, 6.45) is 3.39. The van der Waals surface area contributed by atoms with Crippen molar-refractivity contribution in [3.63, 3.8) is 0 Å². The maximum absolute atomic E-state index is 13.8. The lowest BCUT2D eigenvalue weighted by atomic mass is 10.1. The van der Waals surface area contributed by atoms with Crippen LogP contribution in [0.15, 0.2) is 73.1 Å². The average Bonchev–Trinajstić information content (AvgIpc) is 2.55. The molecule has 3 aromatic rings. The van der Waals surface area contributed by atoms with Gasteiger partial charge in [0, 0.05) is 29.1 Å². The Morgan fingerprint density at radius 2 is 1.67 bits per heavy atom. The number of nitrogens with zero attached hydrogens (tertiary/aromatic N) is 1. The van der Waals surface area contributed by atoms with Gasteiger partial charge in [0.2, 0.25) is 0 Å². The summed E-state index contributed by atoms with van der Waals surface area (Å²) in [5, 5.41) is 0. The molecule has 3 rings (SSSR count). The first-order valence-electron chi connectivity index (χ1n) is 6.69. The van der Waals surface area contributed by atoms with Gasteiger partial charge in [0.25, 0.3) is 0 Å². The second kappa shape index (κ2) is 6.18. The van der Waals surface area contributed by atoms with Crippen molar-refractivity contribution in [1.29, 1.82) is 0 Å². The van der Waals surface area contributed by atoms with Gasteiger partial charge in [-0.15, -0.1) is 0 Å². The highest BCUT2D eigenvalue weighted by Crippen LogP contribution is 2.23. The fourth-order valence-corrected chi connectivity index (χ4v) is 2.09. The second-order valence-electron chi connectivity index (χ2n) is 4.66. The van der Waals surface area contributed by atoms with Gasteiger partial charge in [0.05, 0.1) is 0 Å². The topological polar surface area (TPSA) is 22.1 Å². The quantitative estimate of drug-likeness (QED) is 0.703. The molecule has 2 aromatic carbocycles. The lowest BCUT2D eigenvalue weighted by molar-refractivity contribution is 0.306. The van der Waals surface area contributed by atoms with Crippen LogP contribution in [0.1, 0.15) is 5.56 Å². The number of pyridine rings is 1. The van der Waals surface area contributed by atoms with Crippen molar-refractivity contribution in [3.8, 4) is 16.9 Å². The molecular formula is C18H14FNO. The molecule has 0 aliphatic heterocycles. The third kappa shape index (κ3) is 3.26. The van der Waals surface area contributed by atoms with E-state index in [1.165, 1.54) is 6.07 Å². The van der Waals surface area contributed by atoms with Crippen LogP contribution in [0.3, 0.4) is 0 Å². The van der Waals surface area contributed by atoms with E-state index in [2.05, 4.69) is 4.98 Å². The van der Waals surface area contributed by atoms with E-state index in [-0.39, 0.29) is 5.82 Å². The van der Waals surface area contributed by atoms with Crippen molar-refractivity contribution >= 4 is 0 Å². The number of aromatic nitrogens is 1. The second-order valence-corrected chi connectivity index (χ2v) is 4.66. The molecule has 0 amide bonds. The molecule has 21 heavy (non-hydrogen) atoms. The lowest BCUT2D eigenvalue weighted by Gasteiger charge is -2.08. The van der Waals surface area contributed by atoms with E-state index < -0.39 is 0 Å². The molecule has 0 N–H and O–H groups in total. The third-order valence-corrected chi connectivity index (χ3v) is 3.13. The number of benzene rings is 2. The molecule has 0 bridgehead atoms. The molecule has 2 nitrogen and oxygen atoms in total. The molecule has 104 valence electrons. The smallest absolute Gasteiger partial charge is 0.131 e. The first kappa shape index (κ1) is 13.3. The predicted molar refractivity (Wildman–Crippen MR) is 80.4 cm³/mol. The van der Waals surface area contributed by atoms with E-state index in [0.717, 1.165) is 16.9 Å². The third-order valence-electron chi connectivity index (χ3n) is 3.13. The molecule has 0 spiro atoms. The monoisotopic (exact) mass is 279 g/mol. The minimum Gasteiger partial charge on any atom is -0.489 e. The fraction of sp³-hybridized carbons (Fsp3) is 0.0556. The van der Waals surface area contributed by atoms with Crippen LogP contribution in [-0.4, -0.2) is 4.98 Å². The van der Waals surface area contributed by atoms with E-state index in [1.54, 1.807) is 24.5 Å². The van der Waals surface area contributed by atoms with Gasteiger partial charge in [-0.2, -0.15) is 0 Å². The van der Waals surface area contributed by atoms with Crippen LogP contribution in [0.5, 0.6) is 5.75 Å². The minimum absolute atomic E-state index is 0.250. The van der Waals surface area contributed by atoms with Crippen molar-refractivity contribution in [2.75, 3.05) is 0 Å². The molecule has 0 atom stereocenters. The van der Waals surface area contributed by atoms with Gasteiger partial charge in [0.1, 0.15) is 18.2 Å². The molecule has 0 saturated heterocycles. The molecule has 1 heterocycles. The Bertz CT molecular complexity index is 728. The predicted octanol–water partition coefficient (Wildman–Crippen LogP) is 4.47. The van der Waals surface area contributed by atoms with Crippen molar-refractivity contribution in [1.82, 2.24) is 4.98 Å². The largest absolute Gasteiger partial charge is 0.489 e. The van der Waals surface area contributed by atoms with Crippen molar-refractivity contribution in [3.05, 3.63) is 84.4 Å². The number of rotatable bonds is 4. The molecular weight excluding hydrogens is 265 g/mol. The van der Waals surface area contributed by atoms with Crippen LogP contribution in [0.2, 0.25) is 0 Å². The van der Waals surface area contributed by atoms with Crippen molar-refractivity contribution in [2.45, 2.75) is 6.61 Å². The number of halogens is 1. The first-order chi connectivity index (χ1) is 10.3. The zero-order chi connectivity index (χ0) is 14.5. The van der Waals surface area contributed by atoms with Crippen LogP contribution in [0.4, 0.5) is 4.39 Å². The Morgan fingerprint density at radius 3 is 2.48 bits per heavy atom. The molecule has 0 radical (unpaired) electrons. The Hall–Kier alpha value is -2.68. The van der Waals surface area contributed by atoms with Crippen LogP contribution in [0.25, 0.3) is 11.1 Å². The summed E-state index contributed by atoms with van der Waals surface area (Å²) >= 11 is 0. The normalized spacial score (nSPS) is 10.3. The number of hydrogen-bond donors (Lipinski definition) is 0. The standard InChI is InChI=1S/C18H14FNO/c19-18-9-5-4-8-17(18)15-10-14(11-20-12-15)13-21-16-6-2-1-3-7-16/h1-12H,13H2. The SMILES string of the molecule is Fc1ccccc1-c1cncc(COc2ccccc2)c1. The van der Waals surface area contributed by atoms with Crippen molar-refractivity contribution < 1.29 is 9.13 Å². The molecule has 0 saturated carbocycles. The van der Waals surface area contributed by atoms with Crippen LogP contribution < -0.4 is 4.74 Å². The summed E-state index contributed by atoms with van der Waals surface area (Å²) in [6, 6.07) is 18.1. The molecule has 1 aromatic heterocycles. The maximum Gasteiger partial charge on any atom is 0.131 e. The van der Waals surface area contributed by atoms with Gasteiger partial charge >= 0.3 is 0 Å². The van der Waals surface area contributed by atoms with Gasteiger partial charge < -0.3 is 4.74 Å². The van der Waals surface area contributed by atoms with Crippen LogP contribution in [-0.2, 0) is 6.61 Å². The summed E-state index contributed by atoms with van der Waals surface area (Å²) in [7, 11) is 0. The summed E-state index contributed by atoms with van der Waals surface area (Å²) in [4.78, 5) is 4.17. The number of para-hydroxylation sites is 1. The Morgan fingerprint density at radius 1 is 0.905 bits per heavy atom. The van der Waals surface area contributed by atoms with Gasteiger partial charge in [0.15, 0.2) is 0 Å². The highest BCUT2D eigenvalue weighted by atomic mass is 19.1. The lowest BCUT2D eigenvalue weighted by Crippen LogP contribution is -1.97. The van der Waals surface area contributed by atoms with Gasteiger partial charge in [-0.3, -0.25) is 4.98 Å². The Kier molecular flexibility index (Phi) is 3.92. The molecule has 0 aliphatic carbocycles. The highest BCUT2D eigenvalue weighted by Gasteiger charge is 2.05. The van der Waals surface area contributed by atoms with Gasteiger partial charge in [-0.1, -0.05) is 36.4 Å². The van der Waals surface area contributed by atoms with E-state index in [0.29, 0.717) is 12.2 Å². The fourth-order valence-electron chi connectivity index (χ4n) is 2.09. The summed E-state index contributed by atoms with van der Waals surface area (Å²) in [5.74, 6) is 0.550. The zero-order valence-electron chi connectivity index (χ0n) is 11.4. The van der Waals surface area contributed by atoms with Crippen LogP contribution >= 0.6 is 0 Å². The average molecular weight is 279 g/mol. The Balaban J connectivity index is 1.79. The van der Waals surface area contributed by atoms with Crippen molar-refractivity contribution in [2.24, 2.45) is 0 Å². The number of hydrogen-bond acceptors (Lipinski definition) is 2. The summed E-state index contributed by atoms with van der Waals surface area (Å²) in [6.45, 7) is 0.402. The zero-order valence-corrected chi connectivity index (χ0v) is 11.4. The first-order valence-corrected chi connectivity index (χ1v) is 6.69. The summed E-state index contributed by atoms with van der Waals surface area (Å²) in [5.41, 5.74) is 2.20. The van der Waals surface area contributed by atoms with E-state index in [1.807, 2.05) is 42.5 Å². The van der Waals surface area contributed by atoms with Crippen LogP contribution in [0, 0.1) is 5.82 Å². The maximum atomic E-state index is 13.8. The molecule has 0 fully saturated rings.